The first kappa shape index (κ1) is 13.7. The van der Waals surface area contributed by atoms with E-state index in [4.69, 9.17) is 5.73 Å². The zero-order valence-corrected chi connectivity index (χ0v) is 11.5. The number of hydrogen-bond donors (Lipinski definition) is 1. The maximum atomic E-state index is 5.89. The second-order valence-corrected chi connectivity index (χ2v) is 5.40. The molecule has 1 aromatic rings. The molecule has 2 unspecified atom stereocenters. The van der Waals surface area contributed by atoms with Crippen LogP contribution in [0.25, 0.3) is 0 Å². The van der Waals surface area contributed by atoms with Crippen molar-refractivity contribution in [3.05, 3.63) is 22.4 Å². The van der Waals surface area contributed by atoms with Gasteiger partial charge in [-0.3, -0.25) is 4.90 Å². The molecule has 0 aromatic carbocycles. The van der Waals surface area contributed by atoms with Gasteiger partial charge in [0.1, 0.15) is 0 Å². The minimum absolute atomic E-state index is 0.500. The highest BCUT2D eigenvalue weighted by Crippen LogP contribution is 2.17. The molecule has 16 heavy (non-hydrogen) atoms. The predicted molar refractivity (Wildman–Crippen MR) is 72.7 cm³/mol. The Labute approximate surface area is 103 Å². The lowest BCUT2D eigenvalue weighted by Gasteiger charge is -2.31. The highest BCUT2D eigenvalue weighted by atomic mass is 32.1. The maximum absolute atomic E-state index is 5.89. The zero-order valence-electron chi connectivity index (χ0n) is 10.6. The van der Waals surface area contributed by atoms with Gasteiger partial charge in [0, 0.05) is 19.1 Å². The van der Waals surface area contributed by atoms with Crippen molar-refractivity contribution in [1.82, 2.24) is 4.90 Å². The van der Waals surface area contributed by atoms with E-state index in [0.717, 1.165) is 13.1 Å². The van der Waals surface area contributed by atoms with E-state index in [9.17, 15) is 0 Å². The summed E-state index contributed by atoms with van der Waals surface area (Å²) < 4.78 is 0. The summed E-state index contributed by atoms with van der Waals surface area (Å²) >= 11 is 1.76. The molecule has 2 N–H and O–H groups in total. The number of nitrogens with zero attached hydrogens (tertiary/aromatic N) is 1. The summed E-state index contributed by atoms with van der Waals surface area (Å²) in [6.07, 6.45) is 2.50. The first-order valence-electron chi connectivity index (χ1n) is 6.10. The van der Waals surface area contributed by atoms with Crippen LogP contribution < -0.4 is 5.73 Å². The van der Waals surface area contributed by atoms with Gasteiger partial charge < -0.3 is 5.73 Å². The Morgan fingerprint density at radius 1 is 1.50 bits per heavy atom. The van der Waals surface area contributed by atoms with Crippen molar-refractivity contribution in [2.45, 2.75) is 39.3 Å². The molecule has 1 aromatic heterocycles. The Hall–Kier alpha value is -0.380. The Bertz CT molecular complexity index is 271. The molecule has 0 aliphatic carbocycles. The van der Waals surface area contributed by atoms with Crippen LogP contribution in [-0.4, -0.2) is 24.5 Å². The van der Waals surface area contributed by atoms with E-state index < -0.39 is 0 Å². The van der Waals surface area contributed by atoms with Gasteiger partial charge in [0.25, 0.3) is 0 Å². The van der Waals surface area contributed by atoms with Crippen molar-refractivity contribution < 1.29 is 0 Å². The van der Waals surface area contributed by atoms with Crippen molar-refractivity contribution in [3.63, 3.8) is 0 Å². The molecule has 0 amide bonds. The molecule has 0 radical (unpaired) electrons. The number of likely N-dealkylation sites (N-methyl/N-ethyl adjacent to an activating group) is 1. The van der Waals surface area contributed by atoms with Gasteiger partial charge in [-0.2, -0.15) is 11.3 Å². The molecule has 0 fully saturated rings. The number of rotatable bonds is 7. The van der Waals surface area contributed by atoms with Crippen LogP contribution >= 0.6 is 11.3 Å². The summed E-state index contributed by atoms with van der Waals surface area (Å²) in [5.41, 5.74) is 7.29. The summed E-state index contributed by atoms with van der Waals surface area (Å²) in [5.74, 6) is 0.679. The highest BCUT2D eigenvalue weighted by molar-refractivity contribution is 7.07. The Balaban J connectivity index is 2.51. The zero-order chi connectivity index (χ0) is 12.0. The van der Waals surface area contributed by atoms with E-state index >= 15 is 0 Å². The van der Waals surface area contributed by atoms with Crippen LogP contribution in [0.3, 0.4) is 0 Å². The summed E-state index contributed by atoms with van der Waals surface area (Å²) in [6, 6.07) is 2.69. The van der Waals surface area contributed by atoms with Crippen molar-refractivity contribution in [2.24, 2.45) is 11.7 Å². The molecule has 0 aliphatic heterocycles. The lowest BCUT2D eigenvalue weighted by atomic mass is 9.95. The Morgan fingerprint density at radius 2 is 2.25 bits per heavy atom. The minimum Gasteiger partial charge on any atom is -0.329 e. The Morgan fingerprint density at radius 3 is 2.75 bits per heavy atom. The minimum atomic E-state index is 0.500. The van der Waals surface area contributed by atoms with E-state index in [1.54, 1.807) is 11.3 Å². The monoisotopic (exact) mass is 240 g/mol. The van der Waals surface area contributed by atoms with Crippen molar-refractivity contribution in [3.8, 4) is 0 Å². The molecule has 0 saturated carbocycles. The van der Waals surface area contributed by atoms with Crippen molar-refractivity contribution >= 4 is 11.3 Å². The van der Waals surface area contributed by atoms with Crippen LogP contribution in [-0.2, 0) is 6.54 Å². The lowest BCUT2D eigenvalue weighted by molar-refractivity contribution is 0.174. The van der Waals surface area contributed by atoms with Gasteiger partial charge in [-0.05, 0) is 41.8 Å². The fourth-order valence-corrected chi connectivity index (χ4v) is 2.94. The fraction of sp³-hybridized carbons (Fsp3) is 0.692. The van der Waals surface area contributed by atoms with Crippen LogP contribution in [0.15, 0.2) is 16.8 Å². The number of thiophene rings is 1. The third kappa shape index (κ3) is 3.89. The van der Waals surface area contributed by atoms with Gasteiger partial charge in [0.05, 0.1) is 0 Å². The third-order valence-corrected chi connectivity index (χ3v) is 3.95. The molecule has 0 bridgehead atoms. The molecule has 1 rings (SSSR count). The number of hydrogen-bond acceptors (Lipinski definition) is 3. The molecule has 0 saturated heterocycles. The van der Waals surface area contributed by atoms with Gasteiger partial charge in [0.15, 0.2) is 0 Å². The van der Waals surface area contributed by atoms with Crippen LogP contribution in [0.5, 0.6) is 0 Å². The van der Waals surface area contributed by atoms with Gasteiger partial charge in [-0.15, -0.1) is 0 Å². The standard InChI is InChI=1S/C13H24N2S/c1-4-5-11(2)13(8-14)15(3)9-12-6-7-16-10-12/h6-7,10-11,13H,4-5,8-9,14H2,1-3H3. The van der Waals surface area contributed by atoms with Crippen LogP contribution in [0, 0.1) is 5.92 Å². The van der Waals surface area contributed by atoms with E-state index in [1.165, 1.54) is 18.4 Å². The number of nitrogens with two attached hydrogens (primary N) is 1. The Kier molecular flexibility index (Phi) is 6.03. The summed E-state index contributed by atoms with van der Waals surface area (Å²) in [7, 11) is 2.18. The van der Waals surface area contributed by atoms with Crippen molar-refractivity contribution in [1.29, 1.82) is 0 Å². The van der Waals surface area contributed by atoms with E-state index in [1.807, 2.05) is 0 Å². The maximum Gasteiger partial charge on any atom is 0.0244 e. The van der Waals surface area contributed by atoms with E-state index in [-0.39, 0.29) is 0 Å². The average Bonchev–Trinajstić information content (AvgIpc) is 2.71. The topological polar surface area (TPSA) is 29.3 Å². The smallest absolute Gasteiger partial charge is 0.0244 e. The van der Waals surface area contributed by atoms with Gasteiger partial charge in [-0.25, -0.2) is 0 Å². The highest BCUT2D eigenvalue weighted by Gasteiger charge is 2.19. The predicted octanol–water partition coefficient (Wildman–Crippen LogP) is 2.94. The first-order valence-corrected chi connectivity index (χ1v) is 7.04. The first-order chi connectivity index (χ1) is 7.69. The summed E-state index contributed by atoms with van der Waals surface area (Å²) in [4.78, 5) is 2.39. The molecule has 92 valence electrons. The summed E-state index contributed by atoms with van der Waals surface area (Å²) in [5, 5.41) is 4.35. The SMILES string of the molecule is CCCC(C)C(CN)N(C)Cc1ccsc1. The molecule has 2 nitrogen and oxygen atoms in total. The summed E-state index contributed by atoms with van der Waals surface area (Å²) in [6.45, 7) is 6.31. The van der Waals surface area contributed by atoms with E-state index in [2.05, 4.69) is 42.6 Å². The second-order valence-electron chi connectivity index (χ2n) is 4.62. The largest absolute Gasteiger partial charge is 0.329 e. The van der Waals surface area contributed by atoms with Crippen molar-refractivity contribution in [2.75, 3.05) is 13.6 Å². The second kappa shape index (κ2) is 7.05. The van der Waals surface area contributed by atoms with E-state index in [0.29, 0.717) is 12.0 Å². The van der Waals surface area contributed by atoms with Crippen LogP contribution in [0.1, 0.15) is 32.3 Å². The molecular weight excluding hydrogens is 216 g/mol. The third-order valence-electron chi connectivity index (χ3n) is 3.22. The molecular formula is C13H24N2S. The fourth-order valence-electron chi connectivity index (χ4n) is 2.28. The van der Waals surface area contributed by atoms with Crippen LogP contribution in [0.2, 0.25) is 0 Å². The van der Waals surface area contributed by atoms with Crippen LogP contribution in [0.4, 0.5) is 0 Å². The lowest BCUT2D eigenvalue weighted by Crippen LogP contribution is -2.42. The molecule has 1 heterocycles. The molecule has 0 spiro atoms. The normalized spacial score (nSPS) is 15.3. The van der Waals surface area contributed by atoms with Gasteiger partial charge >= 0.3 is 0 Å². The molecule has 3 heteroatoms. The van der Waals surface area contributed by atoms with Gasteiger partial charge in [0.2, 0.25) is 0 Å². The molecule has 2 atom stereocenters. The quantitative estimate of drug-likeness (QED) is 0.794. The van der Waals surface area contributed by atoms with Gasteiger partial charge in [-0.1, -0.05) is 20.3 Å². The molecule has 0 aliphatic rings. The average molecular weight is 240 g/mol.